The van der Waals surface area contributed by atoms with Crippen LogP contribution in [0.3, 0.4) is 0 Å². The van der Waals surface area contributed by atoms with Crippen LogP contribution < -0.4 is 4.90 Å². The molecule has 0 aliphatic carbocycles. The van der Waals surface area contributed by atoms with E-state index in [1.807, 2.05) is 62.4 Å². The maximum Gasteiger partial charge on any atom is 0.333 e. The van der Waals surface area contributed by atoms with Crippen LogP contribution in [0.1, 0.15) is 62.2 Å². The lowest BCUT2D eigenvalue weighted by atomic mass is 10.1. The molecule has 0 aliphatic rings. The Bertz CT molecular complexity index is 1230. The van der Waals surface area contributed by atoms with Crippen molar-refractivity contribution in [2.24, 2.45) is 0 Å². The topological polar surface area (TPSA) is 55.8 Å². The van der Waals surface area contributed by atoms with E-state index in [0.717, 1.165) is 28.2 Å². The third kappa shape index (κ3) is 6.76. The van der Waals surface area contributed by atoms with Gasteiger partial charge in [-0.3, -0.25) is 0 Å². The Labute approximate surface area is 220 Å². The van der Waals surface area contributed by atoms with Crippen molar-refractivity contribution >= 4 is 29.0 Å². The van der Waals surface area contributed by atoms with Crippen molar-refractivity contribution in [1.82, 2.24) is 0 Å². The molecule has 0 aliphatic heterocycles. The SMILES string of the molecule is C=C(C)C(=O)OC(C)c1ccc(N(c2ccc(C(C)OC(=O)C(=C)C)cc2)c2ccc(C)c(C)c2)cc1. The van der Waals surface area contributed by atoms with Crippen LogP contribution in [0.15, 0.2) is 91.0 Å². The molecule has 3 aromatic carbocycles. The van der Waals surface area contributed by atoms with Crippen LogP contribution in [0.2, 0.25) is 0 Å². The molecule has 3 aromatic rings. The van der Waals surface area contributed by atoms with Gasteiger partial charge in [-0.1, -0.05) is 43.5 Å². The molecule has 2 unspecified atom stereocenters. The minimum Gasteiger partial charge on any atom is -0.454 e. The van der Waals surface area contributed by atoms with Gasteiger partial charge in [0.2, 0.25) is 0 Å². The first-order chi connectivity index (χ1) is 17.5. The second-order valence-corrected chi connectivity index (χ2v) is 9.44. The Morgan fingerprint density at radius 2 is 1.03 bits per heavy atom. The predicted octanol–water partition coefficient (Wildman–Crippen LogP) is 8.13. The molecule has 0 radical (unpaired) electrons. The van der Waals surface area contributed by atoms with Crippen molar-refractivity contribution in [2.75, 3.05) is 4.90 Å². The number of nitrogens with zero attached hydrogens (tertiary/aromatic N) is 1. The molecule has 0 bridgehead atoms. The number of rotatable bonds is 9. The number of carbonyl (C=O) groups is 2. The summed E-state index contributed by atoms with van der Waals surface area (Å²) >= 11 is 0. The number of hydrogen-bond donors (Lipinski definition) is 0. The average Bonchev–Trinajstić information content (AvgIpc) is 2.86. The molecule has 0 amide bonds. The molecule has 192 valence electrons. The number of aryl methyl sites for hydroxylation is 2. The molecule has 0 aromatic heterocycles. The molecular weight excluding hydrogens is 462 g/mol. The van der Waals surface area contributed by atoms with Gasteiger partial charge in [-0.2, -0.15) is 0 Å². The molecule has 5 nitrogen and oxygen atoms in total. The summed E-state index contributed by atoms with van der Waals surface area (Å²) in [4.78, 5) is 26.0. The zero-order valence-electron chi connectivity index (χ0n) is 22.5. The Morgan fingerprint density at radius 3 is 1.38 bits per heavy atom. The number of hydrogen-bond acceptors (Lipinski definition) is 5. The molecular formula is C32H35NO4. The summed E-state index contributed by atoms with van der Waals surface area (Å²) in [5.41, 5.74) is 7.87. The van der Waals surface area contributed by atoms with E-state index in [9.17, 15) is 9.59 Å². The fourth-order valence-corrected chi connectivity index (χ4v) is 3.76. The average molecular weight is 498 g/mol. The number of anilines is 3. The van der Waals surface area contributed by atoms with Crippen molar-refractivity contribution in [1.29, 1.82) is 0 Å². The molecule has 0 saturated carbocycles. The fraction of sp³-hybridized carbons (Fsp3) is 0.250. The standard InChI is InChI=1S/C32H35NO4/c1-20(2)31(34)36-24(7)26-10-15-28(16-11-26)33(30-14-9-22(5)23(6)19-30)29-17-12-27(13-18-29)25(8)37-32(35)21(3)4/h9-19,24-25H,1,3H2,2,4-8H3. The second-order valence-electron chi connectivity index (χ2n) is 9.44. The highest BCUT2D eigenvalue weighted by Gasteiger charge is 2.17. The van der Waals surface area contributed by atoms with E-state index >= 15 is 0 Å². The number of benzene rings is 3. The molecule has 37 heavy (non-hydrogen) atoms. The van der Waals surface area contributed by atoms with Gasteiger partial charge in [-0.05, 0) is 100 Å². The quantitative estimate of drug-likeness (QED) is 0.221. The minimum atomic E-state index is -0.406. The van der Waals surface area contributed by atoms with Gasteiger partial charge in [0.05, 0.1) is 0 Å². The summed E-state index contributed by atoms with van der Waals surface area (Å²) < 4.78 is 11.0. The first kappa shape index (κ1) is 27.5. The van der Waals surface area contributed by atoms with Crippen LogP contribution in [0.4, 0.5) is 17.1 Å². The van der Waals surface area contributed by atoms with E-state index in [-0.39, 0.29) is 0 Å². The number of ether oxygens (including phenoxy) is 2. The van der Waals surface area contributed by atoms with E-state index in [1.165, 1.54) is 11.1 Å². The smallest absolute Gasteiger partial charge is 0.333 e. The van der Waals surface area contributed by atoms with E-state index in [4.69, 9.17) is 9.47 Å². The van der Waals surface area contributed by atoms with Gasteiger partial charge in [0.15, 0.2) is 0 Å². The molecule has 0 heterocycles. The number of carbonyl (C=O) groups excluding carboxylic acids is 2. The van der Waals surface area contributed by atoms with E-state index in [2.05, 4.69) is 50.1 Å². The highest BCUT2D eigenvalue weighted by molar-refractivity contribution is 5.87. The largest absolute Gasteiger partial charge is 0.454 e. The summed E-state index contributed by atoms with van der Waals surface area (Å²) in [5.74, 6) is -0.812. The van der Waals surface area contributed by atoms with Crippen molar-refractivity contribution in [2.45, 2.75) is 53.8 Å². The lowest BCUT2D eigenvalue weighted by Crippen LogP contribution is -2.12. The molecule has 0 fully saturated rings. The summed E-state index contributed by atoms with van der Waals surface area (Å²) in [7, 11) is 0. The number of esters is 2. The molecule has 0 N–H and O–H groups in total. The summed E-state index contributed by atoms with van der Waals surface area (Å²) in [6, 6.07) is 22.3. The third-order valence-corrected chi connectivity index (χ3v) is 6.25. The van der Waals surface area contributed by atoms with E-state index in [1.54, 1.807) is 13.8 Å². The monoisotopic (exact) mass is 497 g/mol. The fourth-order valence-electron chi connectivity index (χ4n) is 3.76. The highest BCUT2D eigenvalue weighted by Crippen LogP contribution is 2.37. The van der Waals surface area contributed by atoms with Gasteiger partial charge >= 0.3 is 11.9 Å². The first-order valence-electron chi connectivity index (χ1n) is 12.3. The van der Waals surface area contributed by atoms with E-state index < -0.39 is 24.1 Å². The van der Waals surface area contributed by atoms with Crippen LogP contribution >= 0.6 is 0 Å². The predicted molar refractivity (Wildman–Crippen MR) is 149 cm³/mol. The van der Waals surface area contributed by atoms with Crippen molar-refractivity contribution in [3.05, 3.63) is 113 Å². The normalized spacial score (nSPS) is 12.3. The van der Waals surface area contributed by atoms with Gasteiger partial charge in [-0.15, -0.1) is 0 Å². The zero-order chi connectivity index (χ0) is 27.3. The van der Waals surface area contributed by atoms with Gasteiger partial charge in [0, 0.05) is 28.2 Å². The van der Waals surface area contributed by atoms with Gasteiger partial charge < -0.3 is 14.4 Å². The Balaban J connectivity index is 1.95. The van der Waals surface area contributed by atoms with Crippen LogP contribution in [0, 0.1) is 13.8 Å². The van der Waals surface area contributed by atoms with Crippen molar-refractivity contribution in [3.8, 4) is 0 Å². The lowest BCUT2D eigenvalue weighted by molar-refractivity contribution is -0.144. The summed E-state index contributed by atoms with van der Waals surface area (Å²) in [6.07, 6.45) is -0.785. The van der Waals surface area contributed by atoms with Crippen LogP contribution in [0.25, 0.3) is 0 Å². The summed E-state index contributed by atoms with van der Waals surface area (Å²) in [5, 5.41) is 0. The third-order valence-electron chi connectivity index (χ3n) is 6.25. The Kier molecular flexibility index (Phi) is 8.72. The highest BCUT2D eigenvalue weighted by atomic mass is 16.5. The lowest BCUT2D eigenvalue weighted by Gasteiger charge is -2.27. The molecule has 0 saturated heterocycles. The van der Waals surface area contributed by atoms with Crippen molar-refractivity contribution < 1.29 is 19.1 Å². The maximum atomic E-state index is 11.9. The maximum absolute atomic E-state index is 11.9. The first-order valence-corrected chi connectivity index (χ1v) is 12.3. The molecule has 2 atom stereocenters. The Morgan fingerprint density at radius 1 is 0.649 bits per heavy atom. The van der Waals surface area contributed by atoms with Gasteiger partial charge in [0.25, 0.3) is 0 Å². The Hall–Kier alpha value is -4.12. The minimum absolute atomic E-state index is 0.372. The van der Waals surface area contributed by atoms with Crippen LogP contribution in [-0.2, 0) is 19.1 Å². The molecule has 0 spiro atoms. The molecule has 5 heteroatoms. The zero-order valence-corrected chi connectivity index (χ0v) is 22.5. The van der Waals surface area contributed by atoms with Gasteiger partial charge in [-0.25, -0.2) is 9.59 Å². The van der Waals surface area contributed by atoms with Crippen molar-refractivity contribution in [3.63, 3.8) is 0 Å². The van der Waals surface area contributed by atoms with E-state index in [0.29, 0.717) is 11.1 Å². The van der Waals surface area contributed by atoms with Crippen LogP contribution in [0.5, 0.6) is 0 Å². The van der Waals surface area contributed by atoms with Gasteiger partial charge in [0.1, 0.15) is 12.2 Å². The molecule has 3 rings (SSSR count). The van der Waals surface area contributed by atoms with Crippen LogP contribution in [-0.4, -0.2) is 11.9 Å². The summed E-state index contributed by atoms with van der Waals surface area (Å²) in [6.45, 7) is 18.4. The second kappa shape index (κ2) is 11.7.